The van der Waals surface area contributed by atoms with Gasteiger partial charge in [-0.15, -0.1) is 0 Å². The van der Waals surface area contributed by atoms with Crippen LogP contribution in [0.25, 0.3) is 0 Å². The first kappa shape index (κ1) is 9.64. The fourth-order valence-corrected chi connectivity index (χ4v) is 3.98. The number of esters is 1. The summed E-state index contributed by atoms with van der Waals surface area (Å²) in [6, 6.07) is 0. The van der Waals surface area contributed by atoms with Crippen molar-refractivity contribution >= 4 is 5.97 Å². The largest absolute Gasteiger partial charge is 0.466 e. The van der Waals surface area contributed by atoms with E-state index in [0.717, 1.165) is 25.2 Å². The summed E-state index contributed by atoms with van der Waals surface area (Å²) in [6.45, 7) is 4.75. The molecule has 4 fully saturated rings. The number of nitrogens with one attached hydrogen (secondary N) is 1. The van der Waals surface area contributed by atoms with Gasteiger partial charge in [0, 0.05) is 0 Å². The van der Waals surface area contributed by atoms with Crippen LogP contribution in [0.15, 0.2) is 0 Å². The molecule has 1 aliphatic heterocycles. The van der Waals surface area contributed by atoms with Crippen molar-refractivity contribution in [3.8, 4) is 0 Å². The van der Waals surface area contributed by atoms with Gasteiger partial charge in [-0.25, -0.2) is 0 Å². The predicted molar refractivity (Wildman–Crippen MR) is 56.3 cm³/mol. The van der Waals surface area contributed by atoms with Crippen LogP contribution in [0.1, 0.15) is 32.6 Å². The van der Waals surface area contributed by atoms with Gasteiger partial charge in [0.2, 0.25) is 0 Å². The molecule has 0 aromatic heterocycles. The Kier molecular flexibility index (Phi) is 1.91. The highest BCUT2D eigenvalue weighted by Crippen LogP contribution is 2.77. The Bertz CT molecular complexity index is 274. The van der Waals surface area contributed by atoms with E-state index >= 15 is 0 Å². The van der Waals surface area contributed by atoms with Gasteiger partial charge in [0.15, 0.2) is 0 Å². The molecule has 3 aliphatic carbocycles. The minimum absolute atomic E-state index is 0.0431. The summed E-state index contributed by atoms with van der Waals surface area (Å²) >= 11 is 0. The number of carbonyl (C=O) groups is 1. The van der Waals surface area contributed by atoms with Gasteiger partial charge in [-0.1, -0.05) is 0 Å². The molecule has 84 valence electrons. The number of ether oxygens (including phenoxy) is 1. The average Bonchev–Trinajstić information content (AvgIpc) is 2.52. The highest BCUT2D eigenvalue weighted by molar-refractivity contribution is 5.81. The van der Waals surface area contributed by atoms with Crippen molar-refractivity contribution in [3.05, 3.63) is 0 Å². The molecule has 1 atom stereocenters. The van der Waals surface area contributed by atoms with Crippen molar-refractivity contribution in [2.24, 2.45) is 16.7 Å². The van der Waals surface area contributed by atoms with Crippen molar-refractivity contribution in [1.82, 2.24) is 5.32 Å². The van der Waals surface area contributed by atoms with Crippen LogP contribution in [0, 0.1) is 16.7 Å². The third-order valence-electron chi connectivity index (χ3n) is 4.71. The molecule has 4 rings (SSSR count). The SMILES string of the molecule is CCOC(=O)C12CC(C3CCNC3)(C1)C2. The molecule has 3 heteroatoms. The first-order valence-electron chi connectivity index (χ1n) is 6.09. The standard InChI is InChI=1S/C12H19NO2/c1-2-15-10(14)12-6-11(7-12,8-12)9-3-4-13-5-9/h9,13H,2-8H2,1H3. The summed E-state index contributed by atoms with van der Waals surface area (Å²) in [7, 11) is 0. The van der Waals surface area contributed by atoms with E-state index in [0.29, 0.717) is 12.0 Å². The summed E-state index contributed by atoms with van der Waals surface area (Å²) < 4.78 is 5.14. The smallest absolute Gasteiger partial charge is 0.312 e. The molecule has 1 N–H and O–H groups in total. The Balaban J connectivity index is 1.60. The van der Waals surface area contributed by atoms with E-state index in [-0.39, 0.29) is 11.4 Å². The lowest BCUT2D eigenvalue weighted by Crippen LogP contribution is -2.68. The Morgan fingerprint density at radius 3 is 2.73 bits per heavy atom. The Hall–Kier alpha value is -0.570. The third-order valence-corrected chi connectivity index (χ3v) is 4.71. The zero-order chi connectivity index (χ0) is 10.5. The highest BCUT2D eigenvalue weighted by atomic mass is 16.5. The zero-order valence-corrected chi connectivity index (χ0v) is 9.34. The summed E-state index contributed by atoms with van der Waals surface area (Å²) in [6.07, 6.45) is 4.61. The lowest BCUT2D eigenvalue weighted by atomic mass is 9.32. The second-order valence-electron chi connectivity index (χ2n) is 5.58. The molecule has 1 saturated heterocycles. The topological polar surface area (TPSA) is 38.3 Å². The number of hydrogen-bond acceptors (Lipinski definition) is 3. The lowest BCUT2D eigenvalue weighted by Gasteiger charge is -2.71. The monoisotopic (exact) mass is 209 g/mol. The van der Waals surface area contributed by atoms with E-state index in [4.69, 9.17) is 4.74 Å². The van der Waals surface area contributed by atoms with Crippen LogP contribution in [0.2, 0.25) is 0 Å². The van der Waals surface area contributed by atoms with Crippen LogP contribution in [0.4, 0.5) is 0 Å². The van der Waals surface area contributed by atoms with Gasteiger partial charge in [-0.2, -0.15) is 0 Å². The molecule has 0 aromatic carbocycles. The molecule has 15 heavy (non-hydrogen) atoms. The summed E-state index contributed by atoms with van der Waals surface area (Å²) in [5, 5.41) is 3.42. The van der Waals surface area contributed by atoms with E-state index < -0.39 is 0 Å². The molecular formula is C12H19NO2. The average molecular weight is 209 g/mol. The van der Waals surface area contributed by atoms with Crippen LogP contribution in [0.3, 0.4) is 0 Å². The van der Waals surface area contributed by atoms with Crippen molar-refractivity contribution in [2.75, 3.05) is 19.7 Å². The van der Waals surface area contributed by atoms with Gasteiger partial charge in [-0.05, 0) is 57.0 Å². The van der Waals surface area contributed by atoms with Crippen LogP contribution >= 0.6 is 0 Å². The Labute approximate surface area is 90.6 Å². The zero-order valence-electron chi connectivity index (χ0n) is 9.34. The fourth-order valence-electron chi connectivity index (χ4n) is 3.98. The van der Waals surface area contributed by atoms with Gasteiger partial charge in [0.25, 0.3) is 0 Å². The summed E-state index contributed by atoms with van der Waals surface area (Å²) in [5.74, 6) is 0.895. The first-order chi connectivity index (χ1) is 7.21. The molecule has 3 saturated carbocycles. The van der Waals surface area contributed by atoms with Crippen LogP contribution in [-0.2, 0) is 9.53 Å². The maximum atomic E-state index is 11.7. The summed E-state index contributed by atoms with van der Waals surface area (Å²) in [5.41, 5.74) is 0.481. The quantitative estimate of drug-likeness (QED) is 0.713. The Morgan fingerprint density at radius 2 is 2.20 bits per heavy atom. The second-order valence-corrected chi connectivity index (χ2v) is 5.58. The second kappa shape index (κ2) is 2.97. The van der Waals surface area contributed by atoms with Gasteiger partial charge >= 0.3 is 5.97 Å². The summed E-state index contributed by atoms with van der Waals surface area (Å²) in [4.78, 5) is 11.7. The molecule has 2 bridgehead atoms. The maximum Gasteiger partial charge on any atom is 0.312 e. The number of carbonyl (C=O) groups excluding carboxylic acids is 1. The van der Waals surface area contributed by atoms with E-state index in [1.54, 1.807) is 0 Å². The molecular weight excluding hydrogens is 190 g/mol. The van der Waals surface area contributed by atoms with E-state index in [1.165, 1.54) is 19.5 Å². The molecule has 0 aromatic rings. The lowest BCUT2D eigenvalue weighted by molar-refractivity contribution is -0.244. The molecule has 4 aliphatic rings. The normalized spacial score (nSPS) is 46.9. The van der Waals surface area contributed by atoms with Gasteiger partial charge in [0.05, 0.1) is 12.0 Å². The fraction of sp³-hybridized carbons (Fsp3) is 0.917. The molecule has 1 heterocycles. The van der Waals surface area contributed by atoms with Gasteiger partial charge in [0.1, 0.15) is 0 Å². The highest BCUT2D eigenvalue weighted by Gasteiger charge is 2.74. The van der Waals surface area contributed by atoms with Crippen LogP contribution in [0.5, 0.6) is 0 Å². The molecule has 0 spiro atoms. The predicted octanol–water partition coefficient (Wildman–Crippen LogP) is 1.33. The van der Waals surface area contributed by atoms with Crippen molar-refractivity contribution in [1.29, 1.82) is 0 Å². The molecule has 1 unspecified atom stereocenters. The van der Waals surface area contributed by atoms with Crippen LogP contribution < -0.4 is 5.32 Å². The third kappa shape index (κ3) is 1.13. The van der Waals surface area contributed by atoms with Crippen molar-refractivity contribution in [2.45, 2.75) is 32.6 Å². The Morgan fingerprint density at radius 1 is 1.47 bits per heavy atom. The van der Waals surface area contributed by atoms with E-state index in [2.05, 4.69) is 5.32 Å². The van der Waals surface area contributed by atoms with Crippen molar-refractivity contribution in [3.63, 3.8) is 0 Å². The van der Waals surface area contributed by atoms with E-state index in [1.807, 2.05) is 6.92 Å². The van der Waals surface area contributed by atoms with Crippen LogP contribution in [-0.4, -0.2) is 25.7 Å². The first-order valence-corrected chi connectivity index (χ1v) is 6.09. The number of hydrogen-bond donors (Lipinski definition) is 1. The minimum Gasteiger partial charge on any atom is -0.466 e. The van der Waals surface area contributed by atoms with E-state index in [9.17, 15) is 4.79 Å². The van der Waals surface area contributed by atoms with Crippen molar-refractivity contribution < 1.29 is 9.53 Å². The molecule has 0 radical (unpaired) electrons. The molecule has 0 amide bonds. The van der Waals surface area contributed by atoms with Gasteiger partial charge in [-0.3, -0.25) is 4.79 Å². The maximum absolute atomic E-state index is 11.7. The molecule has 3 nitrogen and oxygen atoms in total. The van der Waals surface area contributed by atoms with Gasteiger partial charge < -0.3 is 10.1 Å². The number of rotatable bonds is 3. The minimum atomic E-state index is -0.0431.